The van der Waals surface area contributed by atoms with Crippen molar-refractivity contribution in [3.63, 3.8) is 0 Å². The molecule has 2 fully saturated rings. The number of fused-ring (bicyclic) bond motifs is 1. The van der Waals surface area contributed by atoms with E-state index in [1.54, 1.807) is 0 Å². The molecule has 0 aromatic heterocycles. The summed E-state index contributed by atoms with van der Waals surface area (Å²) in [6.07, 6.45) is 0. The summed E-state index contributed by atoms with van der Waals surface area (Å²) in [5.74, 6) is 0.771. The largest absolute Gasteiger partial charge is 0.379 e. The van der Waals surface area contributed by atoms with Gasteiger partial charge in [0.15, 0.2) is 0 Å². The molecule has 0 aromatic rings. The fourth-order valence-electron chi connectivity index (χ4n) is 2.60. The molecule has 64 valence electrons. The van der Waals surface area contributed by atoms with E-state index in [9.17, 15) is 0 Å². The Hall–Kier alpha value is -0.0800. The molecule has 2 aliphatic heterocycles. The van der Waals surface area contributed by atoms with Crippen molar-refractivity contribution in [3.05, 3.63) is 0 Å². The van der Waals surface area contributed by atoms with Crippen LogP contribution in [0.25, 0.3) is 0 Å². The minimum atomic E-state index is 0.468. The van der Waals surface area contributed by atoms with Gasteiger partial charge in [-0.05, 0) is 12.5 Å². The molecular formula is C9H17NO. The highest BCUT2D eigenvalue weighted by atomic mass is 16.5. The van der Waals surface area contributed by atoms with Gasteiger partial charge in [0.1, 0.15) is 0 Å². The molecule has 0 spiro atoms. The number of likely N-dealkylation sites (N-methyl/N-ethyl adjacent to an activating group) is 1. The minimum absolute atomic E-state index is 0.468. The minimum Gasteiger partial charge on any atom is -0.379 e. The van der Waals surface area contributed by atoms with Crippen molar-refractivity contribution in [1.29, 1.82) is 0 Å². The molecule has 2 atom stereocenters. The molecule has 2 heterocycles. The monoisotopic (exact) mass is 155 g/mol. The van der Waals surface area contributed by atoms with E-state index >= 15 is 0 Å². The summed E-state index contributed by atoms with van der Waals surface area (Å²) in [4.78, 5) is 2.44. The summed E-state index contributed by atoms with van der Waals surface area (Å²) in [5.41, 5.74) is 0.468. The first-order chi connectivity index (χ1) is 5.11. The molecule has 0 N–H and O–H groups in total. The maximum absolute atomic E-state index is 5.48. The fraction of sp³-hybridized carbons (Fsp3) is 1.00. The van der Waals surface area contributed by atoms with E-state index in [2.05, 4.69) is 25.8 Å². The highest BCUT2D eigenvalue weighted by Gasteiger charge is 2.48. The van der Waals surface area contributed by atoms with Crippen molar-refractivity contribution >= 4 is 0 Å². The van der Waals surface area contributed by atoms with Gasteiger partial charge in [-0.3, -0.25) is 0 Å². The van der Waals surface area contributed by atoms with Gasteiger partial charge >= 0.3 is 0 Å². The second-order valence-corrected chi connectivity index (χ2v) is 4.61. The Kier molecular flexibility index (Phi) is 1.52. The summed E-state index contributed by atoms with van der Waals surface area (Å²) in [6.45, 7) is 7.85. The zero-order valence-electron chi connectivity index (χ0n) is 7.63. The molecule has 2 saturated heterocycles. The van der Waals surface area contributed by atoms with Crippen LogP contribution in [0.3, 0.4) is 0 Å². The molecule has 2 nitrogen and oxygen atoms in total. The third-order valence-electron chi connectivity index (χ3n) is 3.28. The number of likely N-dealkylation sites (tertiary alicyclic amines) is 1. The van der Waals surface area contributed by atoms with E-state index < -0.39 is 0 Å². The van der Waals surface area contributed by atoms with Gasteiger partial charge in [0, 0.05) is 18.5 Å². The second-order valence-electron chi connectivity index (χ2n) is 4.61. The van der Waals surface area contributed by atoms with Gasteiger partial charge in [0.25, 0.3) is 0 Å². The predicted molar refractivity (Wildman–Crippen MR) is 44.5 cm³/mol. The van der Waals surface area contributed by atoms with Crippen LogP contribution in [-0.4, -0.2) is 37.7 Å². The Balaban J connectivity index is 2.20. The maximum Gasteiger partial charge on any atom is 0.0625 e. The van der Waals surface area contributed by atoms with Crippen LogP contribution in [0.2, 0.25) is 0 Å². The topological polar surface area (TPSA) is 12.5 Å². The molecule has 0 aliphatic carbocycles. The Morgan fingerprint density at radius 1 is 1.36 bits per heavy atom. The third-order valence-corrected chi connectivity index (χ3v) is 3.28. The molecule has 2 unspecified atom stereocenters. The Morgan fingerprint density at radius 3 is 2.73 bits per heavy atom. The van der Waals surface area contributed by atoms with Crippen molar-refractivity contribution in [2.45, 2.75) is 19.9 Å². The lowest BCUT2D eigenvalue weighted by Gasteiger charge is -2.23. The van der Waals surface area contributed by atoms with Gasteiger partial charge < -0.3 is 9.64 Å². The van der Waals surface area contributed by atoms with E-state index in [-0.39, 0.29) is 0 Å². The number of hydrogen-bond donors (Lipinski definition) is 0. The fourth-order valence-corrected chi connectivity index (χ4v) is 2.60. The SMILES string of the molecule is CN1CC(C)(C)C2COCC21. The molecule has 0 radical (unpaired) electrons. The lowest BCUT2D eigenvalue weighted by Crippen LogP contribution is -2.28. The van der Waals surface area contributed by atoms with Crippen LogP contribution >= 0.6 is 0 Å². The standard InChI is InChI=1S/C9H17NO/c1-9(2)6-10(3)8-5-11-4-7(8)9/h7-8H,4-6H2,1-3H3. The zero-order valence-corrected chi connectivity index (χ0v) is 7.63. The summed E-state index contributed by atoms with van der Waals surface area (Å²) < 4.78 is 5.48. The molecule has 2 rings (SSSR count). The average molecular weight is 155 g/mol. The van der Waals surface area contributed by atoms with Crippen LogP contribution in [0.5, 0.6) is 0 Å². The van der Waals surface area contributed by atoms with Gasteiger partial charge in [-0.2, -0.15) is 0 Å². The normalized spacial score (nSPS) is 42.8. The van der Waals surface area contributed by atoms with Crippen molar-refractivity contribution < 1.29 is 4.74 Å². The van der Waals surface area contributed by atoms with Gasteiger partial charge in [-0.1, -0.05) is 13.8 Å². The van der Waals surface area contributed by atoms with Crippen molar-refractivity contribution in [3.8, 4) is 0 Å². The number of hydrogen-bond acceptors (Lipinski definition) is 2. The average Bonchev–Trinajstić information content (AvgIpc) is 2.37. The smallest absolute Gasteiger partial charge is 0.0625 e. The molecular weight excluding hydrogens is 138 g/mol. The maximum atomic E-state index is 5.48. The third kappa shape index (κ3) is 1.00. The number of rotatable bonds is 0. The molecule has 0 aromatic carbocycles. The molecule has 2 aliphatic rings. The van der Waals surface area contributed by atoms with Gasteiger partial charge in [0.05, 0.1) is 13.2 Å². The molecule has 0 amide bonds. The van der Waals surface area contributed by atoms with E-state index in [0.717, 1.165) is 19.1 Å². The highest BCUT2D eigenvalue weighted by molar-refractivity contribution is 4.99. The van der Waals surface area contributed by atoms with Crippen molar-refractivity contribution in [1.82, 2.24) is 4.90 Å². The van der Waals surface area contributed by atoms with Crippen LogP contribution in [0.15, 0.2) is 0 Å². The predicted octanol–water partition coefficient (Wildman–Crippen LogP) is 0.973. The summed E-state index contributed by atoms with van der Waals surface area (Å²) in [5, 5.41) is 0. The van der Waals surface area contributed by atoms with E-state index in [0.29, 0.717) is 11.5 Å². The lowest BCUT2D eigenvalue weighted by atomic mass is 9.80. The van der Waals surface area contributed by atoms with Crippen LogP contribution in [0.1, 0.15) is 13.8 Å². The van der Waals surface area contributed by atoms with Crippen LogP contribution in [-0.2, 0) is 4.74 Å². The number of nitrogens with zero attached hydrogens (tertiary/aromatic N) is 1. The Labute approximate surface area is 68.5 Å². The lowest BCUT2D eigenvalue weighted by molar-refractivity contribution is 0.128. The first kappa shape index (κ1) is 7.56. The quantitative estimate of drug-likeness (QED) is 0.517. The van der Waals surface area contributed by atoms with Crippen molar-refractivity contribution in [2.75, 3.05) is 26.8 Å². The Bertz CT molecular complexity index is 167. The summed E-state index contributed by atoms with van der Waals surface area (Å²) in [7, 11) is 2.21. The van der Waals surface area contributed by atoms with Crippen molar-refractivity contribution in [2.24, 2.45) is 11.3 Å². The molecule has 0 bridgehead atoms. The Morgan fingerprint density at radius 2 is 2.09 bits per heavy atom. The first-order valence-corrected chi connectivity index (χ1v) is 4.39. The second kappa shape index (κ2) is 2.20. The first-order valence-electron chi connectivity index (χ1n) is 4.39. The van der Waals surface area contributed by atoms with Crippen LogP contribution in [0, 0.1) is 11.3 Å². The highest BCUT2D eigenvalue weighted by Crippen LogP contribution is 2.42. The van der Waals surface area contributed by atoms with E-state index in [4.69, 9.17) is 4.74 Å². The molecule has 11 heavy (non-hydrogen) atoms. The summed E-state index contributed by atoms with van der Waals surface area (Å²) >= 11 is 0. The van der Waals surface area contributed by atoms with Gasteiger partial charge in [-0.15, -0.1) is 0 Å². The van der Waals surface area contributed by atoms with Crippen LogP contribution in [0.4, 0.5) is 0 Å². The van der Waals surface area contributed by atoms with E-state index in [1.165, 1.54) is 6.54 Å². The summed E-state index contributed by atoms with van der Waals surface area (Å²) in [6, 6.07) is 0.699. The van der Waals surface area contributed by atoms with E-state index in [1.807, 2.05) is 0 Å². The van der Waals surface area contributed by atoms with Gasteiger partial charge in [0.2, 0.25) is 0 Å². The number of ether oxygens (including phenoxy) is 1. The molecule has 2 heteroatoms. The molecule has 0 saturated carbocycles. The van der Waals surface area contributed by atoms with Crippen LogP contribution < -0.4 is 0 Å². The zero-order chi connectivity index (χ0) is 8.06. The van der Waals surface area contributed by atoms with Gasteiger partial charge in [-0.25, -0.2) is 0 Å².